The average Bonchev–Trinajstić information content (AvgIpc) is 3.42. The fourth-order valence-electron chi connectivity index (χ4n) is 3.90. The molecule has 8 heteroatoms. The van der Waals surface area contributed by atoms with Crippen molar-refractivity contribution in [2.45, 2.75) is 19.6 Å². The van der Waals surface area contributed by atoms with Gasteiger partial charge in [0.2, 0.25) is 0 Å². The van der Waals surface area contributed by atoms with Crippen molar-refractivity contribution >= 4 is 23.7 Å². The first kappa shape index (κ1) is 26.7. The third-order valence-corrected chi connectivity index (χ3v) is 6.27. The lowest BCUT2D eigenvalue weighted by molar-refractivity contribution is -0.127. The Bertz CT molecular complexity index is 1570. The van der Waals surface area contributed by atoms with Gasteiger partial charge in [-0.25, -0.2) is 10.1 Å². The van der Waals surface area contributed by atoms with Gasteiger partial charge in [0.05, 0.1) is 11.9 Å². The van der Waals surface area contributed by atoms with Gasteiger partial charge in [0, 0.05) is 22.3 Å². The fraction of sp³-hybridized carbons (Fsp3) is 0.0938. The number of nitrogens with zero attached hydrogens (tertiary/aromatic N) is 3. The lowest BCUT2D eigenvalue weighted by Crippen LogP contribution is -2.33. The summed E-state index contributed by atoms with van der Waals surface area (Å²) in [5.74, 6) is 0.911. The summed E-state index contributed by atoms with van der Waals surface area (Å²) >= 11 is 5.91. The summed E-state index contributed by atoms with van der Waals surface area (Å²) in [6.07, 6.45) is 2.69. The van der Waals surface area contributed by atoms with E-state index in [0.717, 1.165) is 28.1 Å². The molecule has 5 rings (SSSR count). The molecule has 0 fully saturated rings. The van der Waals surface area contributed by atoms with E-state index in [2.05, 4.69) is 10.5 Å². The van der Waals surface area contributed by atoms with E-state index in [4.69, 9.17) is 26.2 Å². The Hall–Kier alpha value is -4.88. The number of amides is 1. The van der Waals surface area contributed by atoms with E-state index >= 15 is 0 Å². The van der Waals surface area contributed by atoms with Crippen LogP contribution in [0.2, 0.25) is 5.02 Å². The minimum absolute atomic E-state index is 0.386. The normalized spacial score (nSPS) is 11.8. The summed E-state index contributed by atoms with van der Waals surface area (Å²) < 4.78 is 13.4. The molecule has 1 heterocycles. The van der Waals surface area contributed by atoms with Gasteiger partial charge in [0.1, 0.15) is 23.8 Å². The molecule has 200 valence electrons. The molecule has 5 aromatic rings. The number of nitrogens with one attached hydrogen (secondary N) is 1. The molecule has 0 aliphatic carbocycles. The van der Waals surface area contributed by atoms with E-state index < -0.39 is 6.10 Å². The van der Waals surface area contributed by atoms with Crippen LogP contribution in [0.25, 0.3) is 16.9 Å². The Labute approximate surface area is 237 Å². The maximum atomic E-state index is 12.6. The molecular formula is C32H27ClN4O3. The largest absolute Gasteiger partial charge is 0.489 e. The number of aromatic nitrogens is 2. The molecule has 1 unspecified atom stereocenters. The van der Waals surface area contributed by atoms with Gasteiger partial charge in [-0.1, -0.05) is 60.1 Å². The molecule has 1 aromatic heterocycles. The summed E-state index contributed by atoms with van der Waals surface area (Å²) in [5.41, 5.74) is 6.88. The van der Waals surface area contributed by atoms with Gasteiger partial charge in [0.15, 0.2) is 6.10 Å². The number of rotatable bonds is 10. The number of hydrazone groups is 1. The summed E-state index contributed by atoms with van der Waals surface area (Å²) in [6, 6.07) is 34.4. The maximum Gasteiger partial charge on any atom is 0.280 e. The highest BCUT2D eigenvalue weighted by molar-refractivity contribution is 6.30. The van der Waals surface area contributed by atoms with Crippen molar-refractivity contribution in [2.75, 3.05) is 0 Å². The van der Waals surface area contributed by atoms with Gasteiger partial charge in [-0.2, -0.15) is 10.2 Å². The molecule has 0 spiro atoms. The van der Waals surface area contributed by atoms with Crippen molar-refractivity contribution in [3.63, 3.8) is 0 Å². The molecule has 7 nitrogen and oxygen atoms in total. The first-order valence-corrected chi connectivity index (χ1v) is 13.1. The van der Waals surface area contributed by atoms with Crippen LogP contribution < -0.4 is 14.9 Å². The fourth-order valence-corrected chi connectivity index (χ4v) is 4.02. The number of para-hydroxylation sites is 1. The average molecular weight is 551 g/mol. The van der Waals surface area contributed by atoms with Crippen molar-refractivity contribution in [1.29, 1.82) is 0 Å². The van der Waals surface area contributed by atoms with Crippen molar-refractivity contribution in [3.05, 3.63) is 132 Å². The first-order valence-electron chi connectivity index (χ1n) is 12.7. The van der Waals surface area contributed by atoms with E-state index in [1.54, 1.807) is 42.1 Å². The molecule has 0 radical (unpaired) electrons. The van der Waals surface area contributed by atoms with Crippen LogP contribution in [0.15, 0.2) is 120 Å². The Morgan fingerprint density at radius 2 is 1.57 bits per heavy atom. The molecule has 4 aromatic carbocycles. The Morgan fingerprint density at radius 3 is 2.27 bits per heavy atom. The van der Waals surface area contributed by atoms with Crippen molar-refractivity contribution < 1.29 is 14.3 Å². The lowest BCUT2D eigenvalue weighted by atomic mass is 10.1. The third kappa shape index (κ3) is 6.95. The monoisotopic (exact) mass is 550 g/mol. The zero-order valence-electron chi connectivity index (χ0n) is 21.8. The predicted octanol–water partition coefficient (Wildman–Crippen LogP) is 6.69. The summed E-state index contributed by atoms with van der Waals surface area (Å²) in [5, 5.41) is 9.59. The number of hydrogen-bond acceptors (Lipinski definition) is 5. The van der Waals surface area contributed by atoms with Gasteiger partial charge in [-0.15, -0.1) is 0 Å². The van der Waals surface area contributed by atoms with Crippen LogP contribution in [0.3, 0.4) is 0 Å². The van der Waals surface area contributed by atoms with Gasteiger partial charge in [-0.3, -0.25) is 4.79 Å². The molecule has 1 N–H and O–H groups in total. The van der Waals surface area contributed by atoms with E-state index in [-0.39, 0.29) is 5.91 Å². The Kier molecular flexibility index (Phi) is 8.53. The minimum Gasteiger partial charge on any atom is -0.489 e. The highest BCUT2D eigenvalue weighted by Gasteiger charge is 2.15. The van der Waals surface area contributed by atoms with Gasteiger partial charge in [0.25, 0.3) is 5.91 Å². The van der Waals surface area contributed by atoms with Crippen LogP contribution in [-0.4, -0.2) is 28.0 Å². The number of carbonyl (C=O) groups is 1. The van der Waals surface area contributed by atoms with E-state index in [1.807, 2.05) is 91.1 Å². The van der Waals surface area contributed by atoms with E-state index in [0.29, 0.717) is 23.1 Å². The standard InChI is InChI=1S/C32H27ClN4O3/c1-23(40-30-18-14-27(33)15-19-30)32(38)35-34-20-26-21-37(28-10-6-3-7-11-28)36-31(26)25-12-16-29(17-13-25)39-22-24-8-4-2-5-9-24/h2-21,23H,22H2,1H3,(H,35,38). The summed E-state index contributed by atoms with van der Waals surface area (Å²) in [6.45, 7) is 2.14. The second-order valence-corrected chi connectivity index (χ2v) is 9.40. The predicted molar refractivity (Wildman–Crippen MR) is 157 cm³/mol. The number of benzene rings is 4. The SMILES string of the molecule is CC(Oc1ccc(Cl)cc1)C(=O)NN=Cc1cn(-c2ccccc2)nc1-c1ccc(OCc2ccccc2)cc1. The molecule has 0 aliphatic rings. The molecule has 0 aliphatic heterocycles. The van der Waals surface area contributed by atoms with Crippen LogP contribution in [0.1, 0.15) is 18.1 Å². The van der Waals surface area contributed by atoms with Crippen LogP contribution in [0, 0.1) is 0 Å². The highest BCUT2D eigenvalue weighted by Crippen LogP contribution is 2.25. The van der Waals surface area contributed by atoms with Crippen LogP contribution >= 0.6 is 11.6 Å². The molecule has 1 atom stereocenters. The van der Waals surface area contributed by atoms with Crippen LogP contribution in [0.4, 0.5) is 0 Å². The van der Waals surface area contributed by atoms with Crippen molar-refractivity contribution in [3.8, 4) is 28.4 Å². The quantitative estimate of drug-likeness (QED) is 0.155. The minimum atomic E-state index is -0.756. The molecule has 0 bridgehead atoms. The second kappa shape index (κ2) is 12.8. The van der Waals surface area contributed by atoms with E-state index in [9.17, 15) is 4.79 Å². The number of halogens is 1. The lowest BCUT2D eigenvalue weighted by Gasteiger charge is -2.12. The topological polar surface area (TPSA) is 77.7 Å². The van der Waals surface area contributed by atoms with Crippen molar-refractivity contribution in [1.82, 2.24) is 15.2 Å². The van der Waals surface area contributed by atoms with Crippen LogP contribution in [-0.2, 0) is 11.4 Å². The smallest absolute Gasteiger partial charge is 0.280 e. The molecule has 1 amide bonds. The molecule has 0 saturated carbocycles. The maximum absolute atomic E-state index is 12.6. The molecular weight excluding hydrogens is 524 g/mol. The Morgan fingerprint density at radius 1 is 0.925 bits per heavy atom. The number of carbonyl (C=O) groups excluding carboxylic acids is 1. The van der Waals surface area contributed by atoms with Gasteiger partial charge < -0.3 is 9.47 Å². The molecule has 0 saturated heterocycles. The highest BCUT2D eigenvalue weighted by atomic mass is 35.5. The van der Waals surface area contributed by atoms with Crippen molar-refractivity contribution in [2.24, 2.45) is 5.10 Å². The summed E-state index contributed by atoms with van der Waals surface area (Å²) in [7, 11) is 0. The zero-order valence-corrected chi connectivity index (χ0v) is 22.5. The zero-order chi connectivity index (χ0) is 27.7. The third-order valence-electron chi connectivity index (χ3n) is 6.01. The van der Waals surface area contributed by atoms with Gasteiger partial charge >= 0.3 is 0 Å². The van der Waals surface area contributed by atoms with Crippen LogP contribution in [0.5, 0.6) is 11.5 Å². The Balaban J connectivity index is 1.31. The second-order valence-electron chi connectivity index (χ2n) is 8.96. The first-order chi connectivity index (χ1) is 19.5. The summed E-state index contributed by atoms with van der Waals surface area (Å²) in [4.78, 5) is 12.6. The number of ether oxygens (including phenoxy) is 2. The van der Waals surface area contributed by atoms with Gasteiger partial charge in [-0.05, 0) is 73.2 Å². The number of hydrogen-bond donors (Lipinski definition) is 1. The molecule has 40 heavy (non-hydrogen) atoms. The van der Waals surface area contributed by atoms with E-state index in [1.165, 1.54) is 0 Å².